The number of ether oxygens (including phenoxy) is 2. The maximum Gasteiger partial charge on any atom is 0.333 e. The van der Waals surface area contributed by atoms with E-state index in [0.29, 0.717) is 11.3 Å². The number of nitrogens with one attached hydrogen (secondary N) is 1. The van der Waals surface area contributed by atoms with Crippen LogP contribution in [-0.4, -0.2) is 31.5 Å². The highest BCUT2D eigenvalue weighted by molar-refractivity contribution is 9.10. The number of carbonyl (C=O) groups excluding carboxylic acids is 3. The normalized spacial score (nSPS) is 11.3. The zero-order valence-corrected chi connectivity index (χ0v) is 16.2. The molecule has 0 aliphatic carbocycles. The third kappa shape index (κ3) is 6.41. The first-order chi connectivity index (χ1) is 12.9. The molecule has 0 aliphatic heterocycles. The lowest BCUT2D eigenvalue weighted by Gasteiger charge is -2.17. The van der Waals surface area contributed by atoms with Crippen molar-refractivity contribution < 1.29 is 23.9 Å². The number of carbonyl (C=O) groups is 3. The fourth-order valence-electron chi connectivity index (χ4n) is 2.31. The molecule has 0 radical (unpaired) electrons. The van der Waals surface area contributed by atoms with Crippen LogP contribution in [0.3, 0.4) is 0 Å². The zero-order chi connectivity index (χ0) is 19.8. The van der Waals surface area contributed by atoms with Crippen LogP contribution in [0.25, 0.3) is 0 Å². The number of benzene rings is 2. The lowest BCUT2D eigenvalue weighted by atomic mass is 10.1. The van der Waals surface area contributed by atoms with Crippen molar-refractivity contribution in [3.8, 4) is 5.75 Å². The summed E-state index contributed by atoms with van der Waals surface area (Å²) in [6.07, 6.45) is 0.134. The van der Waals surface area contributed by atoms with Gasteiger partial charge in [-0.3, -0.25) is 9.59 Å². The van der Waals surface area contributed by atoms with E-state index >= 15 is 0 Å². The number of esters is 1. The van der Waals surface area contributed by atoms with Gasteiger partial charge in [0.15, 0.2) is 12.6 Å². The Morgan fingerprint density at radius 3 is 2.26 bits per heavy atom. The standard InChI is InChI=1S/C19H19BrN2O5/c1-26-19(25)18(13-4-6-14(20)7-5-13)22-17(24)11-27-15-8-2-12(3-9-15)10-16(21)23/h2-9,18H,10-11H2,1H3,(H2,21,23)(H,22,24). The maximum atomic E-state index is 12.2. The van der Waals surface area contributed by atoms with Gasteiger partial charge in [-0.05, 0) is 35.4 Å². The molecule has 7 nitrogen and oxygen atoms in total. The number of halogens is 1. The predicted molar refractivity (Wildman–Crippen MR) is 102 cm³/mol. The van der Waals surface area contributed by atoms with E-state index in [-0.39, 0.29) is 13.0 Å². The van der Waals surface area contributed by atoms with E-state index in [1.165, 1.54) is 7.11 Å². The molecule has 2 amide bonds. The molecule has 0 saturated carbocycles. The van der Waals surface area contributed by atoms with Gasteiger partial charge in [0.2, 0.25) is 5.91 Å². The van der Waals surface area contributed by atoms with Crippen molar-refractivity contribution in [1.82, 2.24) is 5.32 Å². The fraction of sp³-hybridized carbons (Fsp3) is 0.211. The molecule has 0 bridgehead atoms. The molecule has 0 heterocycles. The van der Waals surface area contributed by atoms with Gasteiger partial charge < -0.3 is 20.5 Å². The van der Waals surface area contributed by atoms with E-state index in [0.717, 1.165) is 10.0 Å². The third-order valence-corrected chi connectivity index (χ3v) is 4.15. The van der Waals surface area contributed by atoms with Gasteiger partial charge in [0, 0.05) is 4.47 Å². The van der Waals surface area contributed by atoms with Gasteiger partial charge in [-0.25, -0.2) is 4.79 Å². The summed E-state index contributed by atoms with van der Waals surface area (Å²) in [5.74, 6) is -1.03. The number of rotatable bonds is 8. The van der Waals surface area contributed by atoms with E-state index in [2.05, 4.69) is 21.2 Å². The van der Waals surface area contributed by atoms with Gasteiger partial charge in [-0.2, -0.15) is 0 Å². The highest BCUT2D eigenvalue weighted by Crippen LogP contribution is 2.18. The van der Waals surface area contributed by atoms with E-state index in [1.54, 1.807) is 48.5 Å². The molecule has 0 aromatic heterocycles. The Morgan fingerprint density at radius 2 is 1.70 bits per heavy atom. The minimum absolute atomic E-state index is 0.134. The van der Waals surface area contributed by atoms with Crippen LogP contribution >= 0.6 is 15.9 Å². The largest absolute Gasteiger partial charge is 0.484 e. The Hall–Kier alpha value is -2.87. The van der Waals surface area contributed by atoms with Crippen LogP contribution in [0.15, 0.2) is 53.0 Å². The van der Waals surface area contributed by atoms with Gasteiger partial charge in [0.05, 0.1) is 13.5 Å². The molecule has 0 spiro atoms. The lowest BCUT2D eigenvalue weighted by molar-refractivity contribution is -0.145. The molecule has 27 heavy (non-hydrogen) atoms. The first kappa shape index (κ1) is 20.4. The Labute approximate surface area is 165 Å². The first-order valence-electron chi connectivity index (χ1n) is 8.01. The number of hydrogen-bond acceptors (Lipinski definition) is 5. The summed E-state index contributed by atoms with van der Waals surface area (Å²) >= 11 is 3.32. The number of methoxy groups -OCH3 is 1. The second-order valence-corrected chi connectivity index (χ2v) is 6.57. The Kier molecular flexibility index (Phi) is 7.36. The van der Waals surface area contributed by atoms with Crippen LogP contribution < -0.4 is 15.8 Å². The molecule has 0 aliphatic rings. The van der Waals surface area contributed by atoms with Crippen molar-refractivity contribution in [2.75, 3.05) is 13.7 Å². The van der Waals surface area contributed by atoms with E-state index in [4.69, 9.17) is 15.2 Å². The second kappa shape index (κ2) is 9.72. The highest BCUT2D eigenvalue weighted by atomic mass is 79.9. The summed E-state index contributed by atoms with van der Waals surface area (Å²) in [6.45, 7) is -0.279. The second-order valence-electron chi connectivity index (χ2n) is 5.65. The first-order valence-corrected chi connectivity index (χ1v) is 8.81. The molecular weight excluding hydrogens is 416 g/mol. The van der Waals surface area contributed by atoms with Crippen LogP contribution in [0.1, 0.15) is 17.2 Å². The number of amides is 2. The Morgan fingerprint density at radius 1 is 1.07 bits per heavy atom. The van der Waals surface area contributed by atoms with Gasteiger partial charge in [0.1, 0.15) is 5.75 Å². The minimum atomic E-state index is -0.933. The molecule has 3 N–H and O–H groups in total. The SMILES string of the molecule is COC(=O)C(NC(=O)COc1ccc(CC(N)=O)cc1)c1ccc(Br)cc1. The zero-order valence-electron chi connectivity index (χ0n) is 14.6. The molecule has 0 saturated heterocycles. The van der Waals surface area contributed by atoms with Crippen molar-refractivity contribution in [3.63, 3.8) is 0 Å². The number of nitrogens with two attached hydrogens (primary N) is 1. The average Bonchev–Trinajstić information content (AvgIpc) is 2.65. The molecule has 1 atom stereocenters. The summed E-state index contributed by atoms with van der Waals surface area (Å²) in [7, 11) is 1.25. The highest BCUT2D eigenvalue weighted by Gasteiger charge is 2.23. The summed E-state index contributed by atoms with van der Waals surface area (Å²) in [5.41, 5.74) is 6.48. The topological polar surface area (TPSA) is 108 Å². The van der Waals surface area contributed by atoms with Crippen LogP contribution in [0.2, 0.25) is 0 Å². The minimum Gasteiger partial charge on any atom is -0.484 e. The molecule has 1 unspecified atom stereocenters. The van der Waals surface area contributed by atoms with Crippen molar-refractivity contribution in [2.45, 2.75) is 12.5 Å². The van der Waals surface area contributed by atoms with E-state index < -0.39 is 23.8 Å². The summed E-state index contributed by atoms with van der Waals surface area (Å²) in [4.78, 5) is 35.1. The molecule has 8 heteroatoms. The van der Waals surface area contributed by atoms with Crippen molar-refractivity contribution in [1.29, 1.82) is 0 Å². The maximum absolute atomic E-state index is 12.2. The van der Waals surface area contributed by atoms with Crippen LogP contribution in [-0.2, 0) is 25.5 Å². The monoisotopic (exact) mass is 434 g/mol. The fourth-order valence-corrected chi connectivity index (χ4v) is 2.57. The van der Waals surface area contributed by atoms with Crippen molar-refractivity contribution in [3.05, 3.63) is 64.1 Å². The quantitative estimate of drug-likeness (QED) is 0.616. The van der Waals surface area contributed by atoms with E-state index in [1.807, 2.05) is 0 Å². The molecule has 142 valence electrons. The predicted octanol–water partition coefficient (Wildman–Crippen LogP) is 1.89. The van der Waals surface area contributed by atoms with Crippen molar-refractivity contribution >= 4 is 33.7 Å². The third-order valence-electron chi connectivity index (χ3n) is 3.62. The van der Waals surface area contributed by atoms with Gasteiger partial charge in [0.25, 0.3) is 5.91 Å². The molecule has 2 rings (SSSR count). The van der Waals surface area contributed by atoms with Gasteiger partial charge >= 0.3 is 5.97 Å². The smallest absolute Gasteiger partial charge is 0.333 e. The van der Waals surface area contributed by atoms with Crippen LogP contribution in [0, 0.1) is 0 Å². The molecule has 2 aromatic rings. The lowest BCUT2D eigenvalue weighted by Crippen LogP contribution is -2.37. The van der Waals surface area contributed by atoms with Gasteiger partial charge in [-0.1, -0.05) is 40.2 Å². The summed E-state index contributed by atoms with van der Waals surface area (Å²) in [6, 6.07) is 12.7. The number of primary amides is 1. The average molecular weight is 435 g/mol. The molecule has 2 aromatic carbocycles. The van der Waals surface area contributed by atoms with Gasteiger partial charge in [-0.15, -0.1) is 0 Å². The molecule has 0 fully saturated rings. The van der Waals surface area contributed by atoms with Crippen LogP contribution in [0.5, 0.6) is 5.75 Å². The van der Waals surface area contributed by atoms with Crippen molar-refractivity contribution in [2.24, 2.45) is 5.73 Å². The summed E-state index contributed by atoms with van der Waals surface area (Å²) < 4.78 is 11.0. The Bertz CT molecular complexity index is 806. The van der Waals surface area contributed by atoms with Crippen LogP contribution in [0.4, 0.5) is 0 Å². The Balaban J connectivity index is 1.96. The molecular formula is C19H19BrN2O5. The van der Waals surface area contributed by atoms with E-state index in [9.17, 15) is 14.4 Å². The summed E-state index contributed by atoms with van der Waals surface area (Å²) in [5, 5.41) is 2.60. The number of hydrogen-bond donors (Lipinski definition) is 2.